The van der Waals surface area contributed by atoms with Gasteiger partial charge in [-0.15, -0.1) is 0 Å². The van der Waals surface area contributed by atoms with Crippen LogP contribution in [-0.4, -0.2) is 71.9 Å². The summed E-state index contributed by atoms with van der Waals surface area (Å²) in [6.07, 6.45) is 7.83. The van der Waals surface area contributed by atoms with E-state index in [-0.39, 0.29) is 24.4 Å². The first kappa shape index (κ1) is 33.1. The molecule has 1 atom stereocenters. The van der Waals surface area contributed by atoms with Crippen molar-refractivity contribution in [3.63, 3.8) is 0 Å². The van der Waals surface area contributed by atoms with Crippen LogP contribution in [0.25, 0.3) is 0 Å². The fraction of sp³-hybridized carbons (Fsp3) is 0.448. The second kappa shape index (κ2) is 16.8. The summed E-state index contributed by atoms with van der Waals surface area (Å²) in [6, 6.07) is 3.08. The Balaban J connectivity index is 0.00000242. The number of hydrogen-bond donors (Lipinski definition) is 5. The molecule has 0 bridgehead atoms. The average Bonchev–Trinajstić information content (AvgIpc) is 2.92. The Morgan fingerprint density at radius 3 is 2.51 bits per heavy atom. The van der Waals surface area contributed by atoms with Crippen molar-refractivity contribution in [2.45, 2.75) is 60.0 Å². The van der Waals surface area contributed by atoms with E-state index in [0.29, 0.717) is 48.6 Å². The molecule has 1 unspecified atom stereocenters. The number of aliphatic hydroxyl groups excluding tert-OH is 1. The Bertz CT molecular complexity index is 1100. The number of aliphatic hydroxyl groups is 1. The molecule has 1 aliphatic heterocycles. The summed E-state index contributed by atoms with van der Waals surface area (Å²) in [5.74, 6) is 0.148. The van der Waals surface area contributed by atoms with Gasteiger partial charge in [0, 0.05) is 25.3 Å². The number of amides is 3. The van der Waals surface area contributed by atoms with Gasteiger partial charge in [0.05, 0.1) is 31.7 Å². The van der Waals surface area contributed by atoms with Crippen molar-refractivity contribution in [2.24, 2.45) is 0 Å². The first-order valence-corrected chi connectivity index (χ1v) is 13.1. The SMILES string of the molecule is C=C(/C=C\C=C(/C)C(=N)N(C=N)C(C)CO)NC(=O)c1cc2c(cc1OC)CCN(C(=O)NCC)C2.CCC. The topological polar surface area (TPSA) is 142 Å². The average molecular weight is 541 g/mol. The monoisotopic (exact) mass is 540 g/mol. The van der Waals surface area contributed by atoms with Crippen LogP contribution in [0.4, 0.5) is 4.79 Å². The maximum Gasteiger partial charge on any atom is 0.317 e. The number of allylic oxidation sites excluding steroid dienone is 3. The summed E-state index contributed by atoms with van der Waals surface area (Å²) in [7, 11) is 1.51. The molecule has 3 amide bonds. The van der Waals surface area contributed by atoms with Crippen molar-refractivity contribution in [3.05, 3.63) is 64.9 Å². The van der Waals surface area contributed by atoms with E-state index in [1.807, 2.05) is 13.0 Å². The van der Waals surface area contributed by atoms with E-state index in [1.165, 1.54) is 18.4 Å². The van der Waals surface area contributed by atoms with Gasteiger partial charge in [0.25, 0.3) is 5.91 Å². The summed E-state index contributed by atoms with van der Waals surface area (Å²) in [4.78, 5) is 28.3. The summed E-state index contributed by atoms with van der Waals surface area (Å²) in [5, 5.41) is 30.5. The van der Waals surface area contributed by atoms with Crippen molar-refractivity contribution in [1.29, 1.82) is 10.8 Å². The highest BCUT2D eigenvalue weighted by atomic mass is 16.5. The number of methoxy groups -OCH3 is 1. The van der Waals surface area contributed by atoms with Gasteiger partial charge < -0.3 is 30.3 Å². The van der Waals surface area contributed by atoms with Crippen LogP contribution in [0.2, 0.25) is 0 Å². The number of fused-ring (bicyclic) bond motifs is 1. The van der Waals surface area contributed by atoms with Crippen molar-refractivity contribution in [1.82, 2.24) is 20.4 Å². The van der Waals surface area contributed by atoms with Gasteiger partial charge in [0.15, 0.2) is 0 Å². The van der Waals surface area contributed by atoms with E-state index in [2.05, 4.69) is 31.1 Å². The molecular formula is C29H44N6O4. The fourth-order valence-electron chi connectivity index (χ4n) is 3.72. The van der Waals surface area contributed by atoms with Gasteiger partial charge in [0.2, 0.25) is 0 Å². The molecule has 214 valence electrons. The zero-order chi connectivity index (χ0) is 29.5. The highest BCUT2D eigenvalue weighted by molar-refractivity contribution is 6.01. The third-order valence-electron chi connectivity index (χ3n) is 5.82. The Morgan fingerprint density at radius 1 is 1.28 bits per heavy atom. The minimum atomic E-state index is -0.392. The van der Waals surface area contributed by atoms with Crippen LogP contribution in [-0.2, 0) is 13.0 Å². The maximum atomic E-state index is 13.0. The summed E-state index contributed by atoms with van der Waals surface area (Å²) in [6.45, 7) is 14.8. The number of ether oxygens (including phenoxy) is 1. The largest absolute Gasteiger partial charge is 0.496 e. The molecule has 10 nitrogen and oxygen atoms in total. The lowest BCUT2D eigenvalue weighted by Crippen LogP contribution is -2.42. The van der Waals surface area contributed by atoms with Gasteiger partial charge in [-0.05, 0) is 62.1 Å². The Hall–Kier alpha value is -3.92. The van der Waals surface area contributed by atoms with Gasteiger partial charge in [0.1, 0.15) is 11.6 Å². The molecule has 0 saturated heterocycles. The Kier molecular flexibility index (Phi) is 14.3. The van der Waals surface area contributed by atoms with Crippen LogP contribution in [0.5, 0.6) is 5.75 Å². The molecule has 1 aromatic rings. The lowest BCUT2D eigenvalue weighted by Gasteiger charge is -2.29. The second-order valence-corrected chi connectivity index (χ2v) is 9.14. The molecule has 1 aromatic carbocycles. The lowest BCUT2D eigenvalue weighted by molar-refractivity contribution is 0.0964. The van der Waals surface area contributed by atoms with Gasteiger partial charge in [-0.2, -0.15) is 0 Å². The molecule has 0 fully saturated rings. The normalized spacial score (nSPS) is 13.4. The molecule has 10 heteroatoms. The molecule has 0 spiro atoms. The van der Waals surface area contributed by atoms with Crippen LogP contribution in [0.15, 0.2) is 48.2 Å². The number of benzene rings is 1. The molecule has 1 heterocycles. The van der Waals surface area contributed by atoms with Gasteiger partial charge in [-0.1, -0.05) is 39.0 Å². The van der Waals surface area contributed by atoms with Crippen LogP contribution < -0.4 is 15.4 Å². The van der Waals surface area contributed by atoms with Gasteiger partial charge in [-0.3, -0.25) is 15.6 Å². The number of urea groups is 1. The van der Waals surface area contributed by atoms with Gasteiger partial charge >= 0.3 is 6.03 Å². The van der Waals surface area contributed by atoms with E-state index in [0.717, 1.165) is 17.5 Å². The standard InChI is InChI=1S/C26H36N6O4.C3H8/c1-6-29-26(35)31-11-10-20-13-23(36-5)22(12-21(20)14-31)25(34)30-18(3)9-7-8-17(2)24(28)32(16-27)19(4)15-33;1-3-2/h7-9,12-13,16,19,27-28,33H,3,6,10-11,14-15H2,1-2,4-5H3,(H,29,35)(H,30,34);3H2,1-2H3/b9-7-,17-8+,27-16?,28-24?;. The molecule has 0 aromatic heterocycles. The number of nitrogens with one attached hydrogen (secondary N) is 4. The smallest absolute Gasteiger partial charge is 0.317 e. The molecule has 5 N–H and O–H groups in total. The number of nitrogens with zero attached hydrogens (tertiary/aromatic N) is 2. The summed E-state index contributed by atoms with van der Waals surface area (Å²) >= 11 is 0. The van der Waals surface area contributed by atoms with E-state index >= 15 is 0 Å². The van der Waals surface area contributed by atoms with Crippen LogP contribution >= 0.6 is 0 Å². The number of amidine groups is 1. The van der Waals surface area contributed by atoms with Crippen molar-refractivity contribution >= 4 is 24.1 Å². The zero-order valence-corrected chi connectivity index (χ0v) is 24.1. The number of carbonyl (C=O) groups is 2. The van der Waals surface area contributed by atoms with Gasteiger partial charge in [-0.25, -0.2) is 4.79 Å². The highest BCUT2D eigenvalue weighted by Crippen LogP contribution is 2.28. The number of hydrogen-bond acceptors (Lipinski definition) is 6. The zero-order valence-electron chi connectivity index (χ0n) is 24.1. The minimum Gasteiger partial charge on any atom is -0.496 e. The molecule has 0 aliphatic carbocycles. The molecule has 0 radical (unpaired) electrons. The summed E-state index contributed by atoms with van der Waals surface area (Å²) < 4.78 is 5.45. The van der Waals surface area contributed by atoms with Crippen LogP contribution in [0.3, 0.4) is 0 Å². The minimum absolute atomic E-state index is 0.0892. The molecule has 39 heavy (non-hydrogen) atoms. The number of carbonyl (C=O) groups excluding carboxylic acids is 2. The predicted octanol–water partition coefficient (Wildman–Crippen LogP) is 4.21. The summed E-state index contributed by atoms with van der Waals surface area (Å²) in [5.41, 5.74) is 3.19. The van der Waals surface area contributed by atoms with Crippen LogP contribution in [0.1, 0.15) is 62.5 Å². The van der Waals surface area contributed by atoms with E-state index in [1.54, 1.807) is 43.0 Å². The van der Waals surface area contributed by atoms with E-state index < -0.39 is 6.04 Å². The van der Waals surface area contributed by atoms with Crippen molar-refractivity contribution < 1.29 is 19.4 Å². The Morgan fingerprint density at radius 2 is 1.95 bits per heavy atom. The van der Waals surface area contributed by atoms with E-state index in [4.69, 9.17) is 15.6 Å². The molecule has 1 aliphatic rings. The third kappa shape index (κ3) is 9.72. The van der Waals surface area contributed by atoms with Crippen molar-refractivity contribution in [3.8, 4) is 5.75 Å². The predicted molar refractivity (Wildman–Crippen MR) is 157 cm³/mol. The molecular weight excluding hydrogens is 496 g/mol. The van der Waals surface area contributed by atoms with Crippen molar-refractivity contribution in [2.75, 3.05) is 26.8 Å². The Labute approximate surface area is 232 Å². The first-order valence-electron chi connectivity index (χ1n) is 13.1. The molecule has 2 rings (SSSR count). The molecule has 0 saturated carbocycles. The third-order valence-corrected chi connectivity index (χ3v) is 5.82. The highest BCUT2D eigenvalue weighted by Gasteiger charge is 2.24. The lowest BCUT2D eigenvalue weighted by atomic mass is 9.96. The quantitative estimate of drug-likeness (QED) is 0.172. The maximum absolute atomic E-state index is 13.0. The van der Waals surface area contributed by atoms with Crippen LogP contribution in [0, 0.1) is 10.8 Å². The first-order chi connectivity index (χ1) is 18.6. The second-order valence-electron chi connectivity index (χ2n) is 9.14. The fourth-order valence-corrected chi connectivity index (χ4v) is 3.72. The van der Waals surface area contributed by atoms with E-state index in [9.17, 15) is 14.7 Å². The number of rotatable bonds is 10.